The summed E-state index contributed by atoms with van der Waals surface area (Å²) in [6.07, 6.45) is 4.71. The largest absolute Gasteiger partial charge is 0.392 e. The zero-order chi connectivity index (χ0) is 36.0. The van der Waals surface area contributed by atoms with Crippen LogP contribution in [0.2, 0.25) is 0 Å². The number of carbonyl (C=O) groups excluding carboxylic acids is 1. The molecule has 2 aromatic carbocycles. The minimum Gasteiger partial charge on any atom is -0.392 e. The smallest absolute Gasteiger partial charge is 0.282 e. The second-order valence-electron chi connectivity index (χ2n) is 14.1. The highest BCUT2D eigenvalue weighted by atomic mass is 19.1. The van der Waals surface area contributed by atoms with Crippen LogP contribution in [-0.2, 0) is 34.0 Å². The molecule has 12 heteroatoms. The maximum Gasteiger partial charge on any atom is 0.282 e. The van der Waals surface area contributed by atoms with Gasteiger partial charge < -0.3 is 24.6 Å². The van der Waals surface area contributed by atoms with Crippen molar-refractivity contribution < 1.29 is 19.0 Å². The molecule has 3 aromatic heterocycles. The lowest BCUT2D eigenvalue weighted by Crippen LogP contribution is -2.48. The molecule has 0 radical (unpaired) electrons. The molecule has 4 heterocycles. The lowest BCUT2D eigenvalue weighted by molar-refractivity contribution is -0.140. The Labute approximate surface area is 289 Å². The van der Waals surface area contributed by atoms with E-state index in [0.29, 0.717) is 54.2 Å². The summed E-state index contributed by atoms with van der Waals surface area (Å²) in [6, 6.07) is 13.4. The van der Waals surface area contributed by atoms with Crippen molar-refractivity contribution in [1.29, 1.82) is 0 Å². The number of aliphatic hydroxyl groups is 1. The van der Waals surface area contributed by atoms with E-state index in [2.05, 4.69) is 15.4 Å². The fourth-order valence-electron chi connectivity index (χ4n) is 6.26. The van der Waals surface area contributed by atoms with E-state index in [1.807, 2.05) is 40.7 Å². The summed E-state index contributed by atoms with van der Waals surface area (Å²) in [5.74, 6) is -0.247. The van der Waals surface area contributed by atoms with E-state index < -0.39 is 23.4 Å². The van der Waals surface area contributed by atoms with Gasteiger partial charge in [0.1, 0.15) is 17.3 Å². The average Bonchev–Trinajstić information content (AvgIpc) is 3.09. The van der Waals surface area contributed by atoms with Crippen LogP contribution in [0.3, 0.4) is 0 Å². The molecule has 0 atom stereocenters. The summed E-state index contributed by atoms with van der Waals surface area (Å²) in [7, 11) is 1.61. The molecule has 1 amide bonds. The number of morpholine rings is 1. The molecule has 1 aliphatic rings. The number of hydrogen-bond donors (Lipinski definition) is 2. The molecule has 5 aromatic rings. The van der Waals surface area contributed by atoms with Crippen molar-refractivity contribution in [2.45, 2.75) is 52.1 Å². The molecule has 0 spiro atoms. The highest BCUT2D eigenvalue weighted by Gasteiger charge is 2.35. The molecule has 2 N–H and O–H groups in total. The van der Waals surface area contributed by atoms with Crippen molar-refractivity contribution in [3.8, 4) is 16.8 Å². The summed E-state index contributed by atoms with van der Waals surface area (Å²) in [5.41, 5.74) is 1.36. The SMILES string of the molecule is Cn1cc(-c2cccc(-n3ncc4cc(C(C)(C)C)cc(F)c4c3=O)c2CO)cc(Nc2ccc(C(C)(C)C(=O)N3CCOCC3)cn2)c1=O. The monoisotopic (exact) mass is 680 g/mol. The lowest BCUT2D eigenvalue weighted by Gasteiger charge is -2.34. The highest BCUT2D eigenvalue weighted by Crippen LogP contribution is 2.32. The third-order valence-electron chi connectivity index (χ3n) is 9.32. The Bertz CT molecular complexity index is 2210. The van der Waals surface area contributed by atoms with Crippen LogP contribution in [0.15, 0.2) is 76.7 Å². The van der Waals surface area contributed by atoms with Crippen LogP contribution in [-0.4, -0.2) is 61.5 Å². The van der Waals surface area contributed by atoms with Gasteiger partial charge >= 0.3 is 0 Å². The van der Waals surface area contributed by atoms with Gasteiger partial charge in [-0.15, -0.1) is 0 Å². The van der Waals surface area contributed by atoms with Gasteiger partial charge in [0.25, 0.3) is 11.1 Å². The van der Waals surface area contributed by atoms with E-state index in [4.69, 9.17) is 4.74 Å². The van der Waals surface area contributed by atoms with Crippen molar-refractivity contribution in [2.24, 2.45) is 7.05 Å². The molecule has 1 aliphatic heterocycles. The first-order valence-corrected chi connectivity index (χ1v) is 16.5. The number of rotatable bonds is 7. The number of nitrogens with one attached hydrogen (secondary N) is 1. The molecule has 1 saturated heterocycles. The van der Waals surface area contributed by atoms with Crippen LogP contribution in [0.25, 0.3) is 27.6 Å². The zero-order valence-corrected chi connectivity index (χ0v) is 29.1. The number of anilines is 2. The van der Waals surface area contributed by atoms with Gasteiger partial charge in [-0.3, -0.25) is 14.4 Å². The number of aliphatic hydroxyl groups excluding tert-OH is 1. The van der Waals surface area contributed by atoms with Crippen molar-refractivity contribution in [3.05, 3.63) is 110 Å². The molecule has 260 valence electrons. The number of fused-ring (bicyclic) bond motifs is 1. The third-order valence-corrected chi connectivity index (χ3v) is 9.32. The number of ether oxygens (including phenoxy) is 1. The first-order chi connectivity index (χ1) is 23.7. The summed E-state index contributed by atoms with van der Waals surface area (Å²) in [5, 5.41) is 18.4. The molecule has 50 heavy (non-hydrogen) atoms. The van der Waals surface area contributed by atoms with Crippen molar-refractivity contribution in [2.75, 3.05) is 31.6 Å². The molecule has 0 unspecified atom stereocenters. The topological polar surface area (TPSA) is 132 Å². The minimum atomic E-state index is -0.812. The summed E-state index contributed by atoms with van der Waals surface area (Å²) in [6.45, 7) is 11.3. The Hall–Kier alpha value is -5.20. The van der Waals surface area contributed by atoms with Gasteiger partial charge in [0.15, 0.2) is 0 Å². The molecule has 0 saturated carbocycles. The Morgan fingerprint density at radius 1 is 0.980 bits per heavy atom. The molecule has 11 nitrogen and oxygen atoms in total. The second-order valence-corrected chi connectivity index (χ2v) is 14.1. The van der Waals surface area contributed by atoms with Crippen molar-refractivity contribution in [3.63, 3.8) is 0 Å². The van der Waals surface area contributed by atoms with E-state index in [9.17, 15) is 19.5 Å². The van der Waals surface area contributed by atoms with E-state index >= 15 is 4.39 Å². The summed E-state index contributed by atoms with van der Waals surface area (Å²) >= 11 is 0. The van der Waals surface area contributed by atoms with Gasteiger partial charge in [0.05, 0.1) is 42.5 Å². The summed E-state index contributed by atoms with van der Waals surface area (Å²) in [4.78, 5) is 46.5. The van der Waals surface area contributed by atoms with Gasteiger partial charge in [-0.25, -0.2) is 9.37 Å². The molecule has 6 rings (SSSR count). The maximum atomic E-state index is 15.4. The van der Waals surface area contributed by atoms with Gasteiger partial charge in [0.2, 0.25) is 5.91 Å². The number of aryl methyl sites for hydroxylation is 1. The Morgan fingerprint density at radius 2 is 1.72 bits per heavy atom. The zero-order valence-electron chi connectivity index (χ0n) is 29.1. The second kappa shape index (κ2) is 13.3. The van der Waals surface area contributed by atoms with Crippen LogP contribution in [0, 0.1) is 5.82 Å². The van der Waals surface area contributed by atoms with Crippen LogP contribution < -0.4 is 16.4 Å². The number of amides is 1. The fourth-order valence-corrected chi connectivity index (χ4v) is 6.26. The highest BCUT2D eigenvalue weighted by molar-refractivity contribution is 5.87. The van der Waals surface area contributed by atoms with Crippen molar-refractivity contribution in [1.82, 2.24) is 24.2 Å². The van der Waals surface area contributed by atoms with Gasteiger partial charge in [-0.2, -0.15) is 9.78 Å². The average molecular weight is 681 g/mol. The van der Waals surface area contributed by atoms with E-state index in [-0.39, 0.29) is 33.6 Å². The maximum absolute atomic E-state index is 15.4. The minimum absolute atomic E-state index is 0.00671. The number of carbonyl (C=O) groups is 1. The summed E-state index contributed by atoms with van der Waals surface area (Å²) < 4.78 is 23.3. The number of benzene rings is 2. The van der Waals surface area contributed by atoms with Gasteiger partial charge in [0, 0.05) is 49.0 Å². The van der Waals surface area contributed by atoms with E-state index in [1.165, 1.54) is 16.8 Å². The van der Waals surface area contributed by atoms with Gasteiger partial charge in [-0.05, 0) is 66.3 Å². The normalized spacial score (nSPS) is 13.9. The quantitative estimate of drug-likeness (QED) is 0.247. The third kappa shape index (κ3) is 6.44. The number of hydrogen-bond acceptors (Lipinski definition) is 8. The Morgan fingerprint density at radius 3 is 2.38 bits per heavy atom. The molecule has 0 aliphatic carbocycles. The lowest BCUT2D eigenvalue weighted by atomic mass is 9.84. The van der Waals surface area contributed by atoms with Crippen LogP contribution >= 0.6 is 0 Å². The molecular formula is C38H41FN6O5. The van der Waals surface area contributed by atoms with Crippen LogP contribution in [0.1, 0.15) is 51.3 Å². The predicted octanol–water partition coefficient (Wildman–Crippen LogP) is 4.96. The first-order valence-electron chi connectivity index (χ1n) is 16.5. The molecular weight excluding hydrogens is 639 g/mol. The van der Waals surface area contributed by atoms with Gasteiger partial charge in [-0.1, -0.05) is 39.0 Å². The predicted molar refractivity (Wildman–Crippen MR) is 191 cm³/mol. The Balaban J connectivity index is 1.34. The Kier molecular flexibility index (Phi) is 9.19. The number of pyridine rings is 2. The fraction of sp³-hybridized carbons (Fsp3) is 0.342. The number of aromatic nitrogens is 4. The van der Waals surface area contributed by atoms with Crippen LogP contribution in [0.5, 0.6) is 0 Å². The molecule has 0 bridgehead atoms. The standard InChI is InChI=1S/C38H41FN6O5/c1-37(2,3)26-16-23-19-41-45(35(48)33(23)29(39)18-26)31-9-7-8-27(28(31)22-46)24-17-30(34(47)43(6)21-24)42-32-11-10-25(20-40-32)38(4,5)36(49)44-12-14-50-15-13-44/h7-11,16-21,46H,12-15,22H2,1-6H3,(H,40,42). The van der Waals surface area contributed by atoms with E-state index in [1.54, 1.807) is 60.7 Å². The number of halogens is 1. The molecule has 1 fully saturated rings. The number of nitrogens with zero attached hydrogens (tertiary/aromatic N) is 5. The van der Waals surface area contributed by atoms with E-state index in [0.717, 1.165) is 15.8 Å². The van der Waals surface area contributed by atoms with Crippen molar-refractivity contribution >= 4 is 28.2 Å². The van der Waals surface area contributed by atoms with Crippen LogP contribution in [0.4, 0.5) is 15.9 Å². The first kappa shape index (κ1) is 34.7.